The van der Waals surface area contributed by atoms with Crippen molar-refractivity contribution in [3.63, 3.8) is 0 Å². The molecule has 0 saturated carbocycles. The fraction of sp³-hybridized carbons (Fsp3) is 0.400. The Kier molecular flexibility index (Phi) is 5.48. The number of pyridine rings is 1. The van der Waals surface area contributed by atoms with E-state index in [2.05, 4.69) is 31.7 Å². The average molecular weight is 467 g/mol. The maximum atomic E-state index is 13.8. The van der Waals surface area contributed by atoms with Gasteiger partial charge in [-0.05, 0) is 12.1 Å². The highest BCUT2D eigenvalue weighted by molar-refractivity contribution is 9.11. The molecule has 1 saturated heterocycles. The lowest BCUT2D eigenvalue weighted by Crippen LogP contribution is -2.38. The van der Waals surface area contributed by atoms with Crippen LogP contribution in [-0.2, 0) is 4.79 Å². The van der Waals surface area contributed by atoms with E-state index in [-0.39, 0.29) is 11.6 Å². The molecule has 1 unspecified atom stereocenters. The maximum absolute atomic E-state index is 13.8. The molecule has 0 radical (unpaired) electrons. The van der Waals surface area contributed by atoms with Crippen LogP contribution >= 0.6 is 39.7 Å². The van der Waals surface area contributed by atoms with Gasteiger partial charge in [-0.25, -0.2) is 5.43 Å². The van der Waals surface area contributed by atoms with Crippen molar-refractivity contribution in [3.8, 4) is 0 Å². The number of carbonyl (C=O) groups is 1. The van der Waals surface area contributed by atoms with Crippen molar-refractivity contribution in [3.05, 3.63) is 34.2 Å². The zero-order valence-electron chi connectivity index (χ0n) is 13.8. The van der Waals surface area contributed by atoms with Crippen LogP contribution in [0.3, 0.4) is 0 Å². The molecule has 1 aromatic heterocycles. The number of hydrazine groups is 1. The van der Waals surface area contributed by atoms with E-state index in [0.29, 0.717) is 11.5 Å². The fourth-order valence-electron chi connectivity index (χ4n) is 3.17. The number of hydrogen-bond donors (Lipinski definition) is 2. The van der Waals surface area contributed by atoms with E-state index in [1.54, 1.807) is 24.0 Å². The zero-order chi connectivity index (χ0) is 19.2. The zero-order valence-corrected chi connectivity index (χ0v) is 16.9. The number of carbonyl (C=O) groups excluding carboxylic acids is 1. The van der Waals surface area contributed by atoms with E-state index < -0.39 is 29.2 Å². The second kappa shape index (κ2) is 7.34. The number of nitrogens with zero attached hydrogens (tertiary/aromatic N) is 3. The predicted molar refractivity (Wildman–Crippen MR) is 101 cm³/mol. The molecule has 3 rings (SSSR count). The first-order chi connectivity index (χ1) is 12.2. The molecular formula is C15H15BrClF2N5OS. The summed E-state index contributed by atoms with van der Waals surface area (Å²) in [7, 11) is 3.58. The molecule has 6 nitrogen and oxygen atoms in total. The molecule has 2 N–H and O–H groups in total. The number of halogens is 4. The molecule has 3 heterocycles. The molecule has 26 heavy (non-hydrogen) atoms. The van der Waals surface area contributed by atoms with E-state index in [1.807, 2.05) is 0 Å². The predicted octanol–water partition coefficient (Wildman–Crippen LogP) is 2.42. The van der Waals surface area contributed by atoms with Crippen molar-refractivity contribution in [2.75, 3.05) is 26.0 Å². The number of thiocarbonyl (C=S) groups is 1. The molecule has 2 aliphatic rings. The smallest absolute Gasteiger partial charge is 0.239 e. The SMILES string of the molecule is CN1C[C@H](C2=C(Br)C(Cl)NN2C)[C@@H](C(=O)Nc2ccc(F)nc2F)C1=S. The number of nitrogens with one attached hydrogen (secondary N) is 2. The van der Waals surface area contributed by atoms with Gasteiger partial charge >= 0.3 is 0 Å². The third kappa shape index (κ3) is 3.42. The normalized spacial score (nSPS) is 26.1. The van der Waals surface area contributed by atoms with Crippen molar-refractivity contribution in [1.29, 1.82) is 0 Å². The summed E-state index contributed by atoms with van der Waals surface area (Å²) < 4.78 is 27.5. The fourth-order valence-corrected chi connectivity index (χ4v) is 4.43. The van der Waals surface area contributed by atoms with Crippen LogP contribution in [0.5, 0.6) is 0 Å². The van der Waals surface area contributed by atoms with Crippen molar-refractivity contribution in [1.82, 2.24) is 20.3 Å². The highest BCUT2D eigenvalue weighted by Crippen LogP contribution is 2.39. The molecule has 140 valence electrons. The number of amides is 1. The lowest BCUT2D eigenvalue weighted by molar-refractivity contribution is -0.118. The lowest BCUT2D eigenvalue weighted by Gasteiger charge is -2.25. The van der Waals surface area contributed by atoms with E-state index >= 15 is 0 Å². The molecule has 0 bridgehead atoms. The molecule has 11 heteroatoms. The van der Waals surface area contributed by atoms with Crippen LogP contribution in [0.4, 0.5) is 14.5 Å². The van der Waals surface area contributed by atoms with E-state index in [0.717, 1.165) is 22.3 Å². The third-order valence-electron chi connectivity index (χ3n) is 4.36. The van der Waals surface area contributed by atoms with E-state index in [4.69, 9.17) is 23.8 Å². The number of anilines is 1. The first-order valence-corrected chi connectivity index (χ1v) is 9.26. The molecule has 1 aromatic rings. The summed E-state index contributed by atoms with van der Waals surface area (Å²) in [4.78, 5) is 18.2. The lowest BCUT2D eigenvalue weighted by atomic mass is 9.91. The number of likely N-dealkylation sites (tertiary alicyclic amines) is 1. The molecule has 3 atom stereocenters. The van der Waals surface area contributed by atoms with Crippen molar-refractivity contribution in [2.45, 2.75) is 5.50 Å². The Bertz CT molecular complexity index is 810. The molecule has 0 spiro atoms. The minimum atomic E-state index is -1.09. The largest absolute Gasteiger partial charge is 0.368 e. The molecule has 0 aromatic carbocycles. The van der Waals surface area contributed by atoms with Crippen LogP contribution in [-0.4, -0.2) is 51.9 Å². The van der Waals surface area contributed by atoms with E-state index in [1.165, 1.54) is 0 Å². The second-order valence-electron chi connectivity index (χ2n) is 6.05. The maximum Gasteiger partial charge on any atom is 0.239 e. The standard InChI is InChI=1S/C15H15BrClF2N5OS/c1-23-5-6(11-10(16)12(17)22-24(11)2)9(15(23)26)14(25)20-7-3-4-8(18)21-13(7)19/h3-4,6,9,12,22H,5H2,1-2H3,(H,20,25)/t6-,9-,12?/m0/s1. The second-order valence-corrected chi connectivity index (χ2v) is 7.76. The molecular weight excluding hydrogens is 452 g/mol. The van der Waals surface area contributed by atoms with Gasteiger partial charge in [0.25, 0.3) is 0 Å². The monoisotopic (exact) mass is 465 g/mol. The van der Waals surface area contributed by atoms with Gasteiger partial charge < -0.3 is 15.2 Å². The number of hydrogen-bond acceptors (Lipinski definition) is 5. The van der Waals surface area contributed by atoms with Gasteiger partial charge in [0.1, 0.15) is 5.50 Å². The molecule has 2 aliphatic heterocycles. The van der Waals surface area contributed by atoms with E-state index in [9.17, 15) is 13.6 Å². The van der Waals surface area contributed by atoms with Crippen LogP contribution in [0, 0.1) is 23.7 Å². The Balaban J connectivity index is 1.90. The minimum absolute atomic E-state index is 0.200. The number of aromatic nitrogens is 1. The van der Waals surface area contributed by atoms with Crippen LogP contribution in [0.25, 0.3) is 0 Å². The van der Waals surface area contributed by atoms with Crippen molar-refractivity contribution in [2.24, 2.45) is 11.8 Å². The summed E-state index contributed by atoms with van der Waals surface area (Å²) in [5.74, 6) is -3.55. The number of alkyl halides is 1. The summed E-state index contributed by atoms with van der Waals surface area (Å²) >= 11 is 15.1. The van der Waals surface area contributed by atoms with Crippen molar-refractivity contribution >= 4 is 56.3 Å². The topological polar surface area (TPSA) is 60.5 Å². The molecule has 1 amide bonds. The van der Waals surface area contributed by atoms with Gasteiger partial charge in [-0.2, -0.15) is 13.8 Å². The van der Waals surface area contributed by atoms with Gasteiger partial charge in [0, 0.05) is 36.7 Å². The van der Waals surface area contributed by atoms with Gasteiger partial charge in [0.05, 0.1) is 16.6 Å². The van der Waals surface area contributed by atoms with Gasteiger partial charge in [-0.15, -0.1) is 0 Å². The Labute approximate surface area is 167 Å². The summed E-state index contributed by atoms with van der Waals surface area (Å²) in [6.45, 7) is 0.501. The summed E-state index contributed by atoms with van der Waals surface area (Å²) in [5.41, 5.74) is 3.17. The Morgan fingerprint density at radius 2 is 2.15 bits per heavy atom. The molecule has 1 fully saturated rings. The summed E-state index contributed by atoms with van der Waals surface area (Å²) in [5, 5.41) is 4.20. The summed E-state index contributed by atoms with van der Waals surface area (Å²) in [6.07, 6.45) is 0. The van der Waals surface area contributed by atoms with Crippen LogP contribution < -0.4 is 10.7 Å². The average Bonchev–Trinajstić information content (AvgIpc) is 2.98. The first-order valence-electron chi connectivity index (χ1n) is 7.62. The highest BCUT2D eigenvalue weighted by Gasteiger charge is 2.46. The van der Waals surface area contributed by atoms with Crippen LogP contribution in [0.2, 0.25) is 0 Å². The Morgan fingerprint density at radius 1 is 1.46 bits per heavy atom. The minimum Gasteiger partial charge on any atom is -0.368 e. The van der Waals surface area contributed by atoms with Gasteiger partial charge in [0.2, 0.25) is 17.8 Å². The molecule has 0 aliphatic carbocycles. The van der Waals surface area contributed by atoms with Crippen LogP contribution in [0.1, 0.15) is 0 Å². The van der Waals surface area contributed by atoms with Gasteiger partial charge in [-0.1, -0.05) is 39.7 Å². The Morgan fingerprint density at radius 3 is 2.73 bits per heavy atom. The Hall–Kier alpha value is -1.36. The third-order valence-corrected chi connectivity index (χ3v) is 6.37. The summed E-state index contributed by atoms with van der Waals surface area (Å²) in [6, 6.07) is 2.10. The van der Waals surface area contributed by atoms with Crippen LogP contribution in [0.15, 0.2) is 22.3 Å². The quantitative estimate of drug-likeness (QED) is 0.309. The first kappa shape index (κ1) is 19.4. The van der Waals surface area contributed by atoms with Crippen molar-refractivity contribution < 1.29 is 13.6 Å². The van der Waals surface area contributed by atoms with Gasteiger partial charge in [-0.3, -0.25) is 4.79 Å². The highest BCUT2D eigenvalue weighted by atomic mass is 79.9. The number of rotatable bonds is 3. The van der Waals surface area contributed by atoms with Gasteiger partial charge in [0.15, 0.2) is 0 Å².